The van der Waals surface area contributed by atoms with Gasteiger partial charge in [0.1, 0.15) is 5.75 Å². The number of phenols is 1. The van der Waals surface area contributed by atoms with E-state index < -0.39 is 5.97 Å². The Kier molecular flexibility index (Phi) is 3.31. The molecule has 0 radical (unpaired) electrons. The predicted molar refractivity (Wildman–Crippen MR) is 57.2 cm³/mol. The van der Waals surface area contributed by atoms with E-state index in [1.165, 1.54) is 18.2 Å². The van der Waals surface area contributed by atoms with Crippen LogP contribution in [0.5, 0.6) is 5.75 Å². The van der Waals surface area contributed by atoms with E-state index in [0.29, 0.717) is 5.56 Å². The van der Waals surface area contributed by atoms with Crippen LogP contribution in [0, 0.1) is 0 Å². The summed E-state index contributed by atoms with van der Waals surface area (Å²) in [6.45, 7) is 1.90. The van der Waals surface area contributed by atoms with Gasteiger partial charge in [-0.1, -0.05) is 0 Å². The minimum absolute atomic E-state index is 0.0238. The van der Waals surface area contributed by atoms with Gasteiger partial charge >= 0.3 is 5.97 Å². The highest BCUT2D eigenvalue weighted by Crippen LogP contribution is 2.27. The standard InChI is InChI=1S/C11H15NO3/c1-7(12(2)3)9-6-8(11(14)15)4-5-10(9)13/h4-7,13H,1-3H3,(H,14,15). The molecule has 1 rings (SSSR count). The first-order valence-electron chi connectivity index (χ1n) is 4.66. The molecule has 0 aliphatic rings. The summed E-state index contributed by atoms with van der Waals surface area (Å²) in [5.41, 5.74) is 0.816. The van der Waals surface area contributed by atoms with Crippen LogP contribution in [-0.2, 0) is 0 Å². The molecule has 82 valence electrons. The molecule has 0 saturated heterocycles. The van der Waals surface area contributed by atoms with Crippen LogP contribution in [-0.4, -0.2) is 35.2 Å². The van der Waals surface area contributed by atoms with Crippen LogP contribution >= 0.6 is 0 Å². The van der Waals surface area contributed by atoms with Crippen molar-refractivity contribution in [1.29, 1.82) is 0 Å². The lowest BCUT2D eigenvalue weighted by atomic mass is 10.0. The van der Waals surface area contributed by atoms with Crippen molar-refractivity contribution in [3.8, 4) is 5.75 Å². The van der Waals surface area contributed by atoms with Crippen LogP contribution in [0.1, 0.15) is 28.9 Å². The van der Waals surface area contributed by atoms with E-state index >= 15 is 0 Å². The minimum atomic E-state index is -0.984. The number of carbonyl (C=O) groups is 1. The first-order chi connectivity index (χ1) is 6.93. The first-order valence-corrected chi connectivity index (χ1v) is 4.66. The van der Waals surface area contributed by atoms with E-state index in [-0.39, 0.29) is 17.4 Å². The molecule has 4 heteroatoms. The smallest absolute Gasteiger partial charge is 0.335 e. The lowest BCUT2D eigenvalue weighted by molar-refractivity contribution is 0.0696. The van der Waals surface area contributed by atoms with Crippen LogP contribution < -0.4 is 0 Å². The van der Waals surface area contributed by atoms with Crippen molar-refractivity contribution in [2.24, 2.45) is 0 Å². The van der Waals surface area contributed by atoms with Crippen molar-refractivity contribution in [1.82, 2.24) is 4.90 Å². The van der Waals surface area contributed by atoms with E-state index in [1.807, 2.05) is 25.9 Å². The molecule has 0 bridgehead atoms. The molecule has 2 N–H and O–H groups in total. The van der Waals surface area contributed by atoms with Crippen molar-refractivity contribution >= 4 is 5.97 Å². The second kappa shape index (κ2) is 4.31. The van der Waals surface area contributed by atoms with Gasteiger partial charge in [0.25, 0.3) is 0 Å². The van der Waals surface area contributed by atoms with Gasteiger partial charge in [-0.2, -0.15) is 0 Å². The molecule has 1 aromatic carbocycles. The molecule has 1 aromatic rings. The van der Waals surface area contributed by atoms with Crippen LogP contribution in [0.2, 0.25) is 0 Å². The number of rotatable bonds is 3. The summed E-state index contributed by atoms with van der Waals surface area (Å²) in [7, 11) is 3.75. The van der Waals surface area contributed by atoms with Crippen LogP contribution in [0.15, 0.2) is 18.2 Å². The Morgan fingerprint density at radius 1 is 1.40 bits per heavy atom. The van der Waals surface area contributed by atoms with Gasteiger partial charge in [0.05, 0.1) is 5.56 Å². The molecular weight excluding hydrogens is 194 g/mol. The van der Waals surface area contributed by atoms with Gasteiger partial charge in [0.15, 0.2) is 0 Å². The van der Waals surface area contributed by atoms with E-state index in [1.54, 1.807) is 0 Å². The molecule has 0 heterocycles. The van der Waals surface area contributed by atoms with Gasteiger partial charge in [0.2, 0.25) is 0 Å². The lowest BCUT2D eigenvalue weighted by Crippen LogP contribution is -2.17. The average Bonchev–Trinajstić information content (AvgIpc) is 2.16. The van der Waals surface area contributed by atoms with Gasteiger partial charge in [0, 0.05) is 11.6 Å². The van der Waals surface area contributed by atoms with Crippen molar-refractivity contribution in [2.75, 3.05) is 14.1 Å². The van der Waals surface area contributed by atoms with Crippen molar-refractivity contribution in [2.45, 2.75) is 13.0 Å². The zero-order valence-corrected chi connectivity index (χ0v) is 9.06. The lowest BCUT2D eigenvalue weighted by Gasteiger charge is -2.21. The molecule has 1 unspecified atom stereocenters. The summed E-state index contributed by atoms with van der Waals surface area (Å²) in [5, 5.41) is 18.4. The van der Waals surface area contributed by atoms with Crippen molar-refractivity contribution in [3.05, 3.63) is 29.3 Å². The van der Waals surface area contributed by atoms with Gasteiger partial charge in [-0.3, -0.25) is 0 Å². The fraction of sp³-hybridized carbons (Fsp3) is 0.364. The third-order valence-electron chi connectivity index (χ3n) is 2.50. The zero-order chi connectivity index (χ0) is 11.6. The molecule has 0 amide bonds. The monoisotopic (exact) mass is 209 g/mol. The predicted octanol–water partition coefficient (Wildman–Crippen LogP) is 1.71. The fourth-order valence-corrected chi connectivity index (χ4v) is 1.30. The number of phenolic OH excluding ortho intramolecular Hbond substituents is 1. The zero-order valence-electron chi connectivity index (χ0n) is 9.06. The largest absolute Gasteiger partial charge is 0.508 e. The maximum Gasteiger partial charge on any atom is 0.335 e. The molecule has 0 saturated carbocycles. The fourth-order valence-electron chi connectivity index (χ4n) is 1.30. The highest BCUT2D eigenvalue weighted by atomic mass is 16.4. The highest BCUT2D eigenvalue weighted by Gasteiger charge is 2.14. The van der Waals surface area contributed by atoms with E-state index in [4.69, 9.17) is 5.11 Å². The Hall–Kier alpha value is -1.55. The number of hydrogen-bond donors (Lipinski definition) is 2. The number of aromatic hydroxyl groups is 1. The van der Waals surface area contributed by atoms with E-state index in [9.17, 15) is 9.90 Å². The Morgan fingerprint density at radius 3 is 2.47 bits per heavy atom. The maximum atomic E-state index is 10.8. The number of nitrogens with zero attached hydrogens (tertiary/aromatic N) is 1. The summed E-state index contributed by atoms with van der Waals surface area (Å²) in [5.74, 6) is -0.858. The number of hydrogen-bond acceptors (Lipinski definition) is 3. The van der Waals surface area contributed by atoms with Crippen LogP contribution in [0.4, 0.5) is 0 Å². The van der Waals surface area contributed by atoms with Gasteiger partial charge < -0.3 is 15.1 Å². The maximum absolute atomic E-state index is 10.8. The quantitative estimate of drug-likeness (QED) is 0.795. The Morgan fingerprint density at radius 2 is 2.00 bits per heavy atom. The Bertz CT molecular complexity index is 374. The Labute approximate surface area is 88.8 Å². The first kappa shape index (κ1) is 11.5. The number of aromatic carboxylic acids is 1. The van der Waals surface area contributed by atoms with Gasteiger partial charge in [-0.05, 0) is 39.2 Å². The molecule has 4 nitrogen and oxygen atoms in total. The van der Waals surface area contributed by atoms with Gasteiger partial charge in [-0.25, -0.2) is 4.79 Å². The van der Waals surface area contributed by atoms with Crippen LogP contribution in [0.25, 0.3) is 0 Å². The minimum Gasteiger partial charge on any atom is -0.508 e. The molecule has 0 aliphatic heterocycles. The SMILES string of the molecule is CC(c1cc(C(=O)O)ccc1O)N(C)C. The Balaban J connectivity index is 3.16. The second-order valence-electron chi connectivity index (χ2n) is 3.72. The third kappa shape index (κ3) is 2.47. The van der Waals surface area contributed by atoms with Crippen molar-refractivity contribution < 1.29 is 15.0 Å². The number of benzene rings is 1. The van der Waals surface area contributed by atoms with Crippen LogP contribution in [0.3, 0.4) is 0 Å². The summed E-state index contributed by atoms with van der Waals surface area (Å²) in [6, 6.07) is 4.29. The second-order valence-corrected chi connectivity index (χ2v) is 3.72. The molecule has 15 heavy (non-hydrogen) atoms. The third-order valence-corrected chi connectivity index (χ3v) is 2.50. The molecule has 1 atom stereocenters. The van der Waals surface area contributed by atoms with Crippen molar-refractivity contribution in [3.63, 3.8) is 0 Å². The molecule has 0 fully saturated rings. The topological polar surface area (TPSA) is 60.8 Å². The van der Waals surface area contributed by atoms with E-state index in [2.05, 4.69) is 0 Å². The molecule has 0 aliphatic carbocycles. The molecule has 0 aromatic heterocycles. The molecular formula is C11H15NO3. The summed E-state index contributed by atoms with van der Waals surface area (Å²) in [4.78, 5) is 12.7. The molecule has 0 spiro atoms. The normalized spacial score (nSPS) is 12.8. The highest BCUT2D eigenvalue weighted by molar-refractivity contribution is 5.88. The van der Waals surface area contributed by atoms with E-state index in [0.717, 1.165) is 0 Å². The number of carboxylic acid groups (broad SMARTS) is 1. The summed E-state index contributed by atoms with van der Waals surface area (Å²) < 4.78 is 0. The van der Waals surface area contributed by atoms with Gasteiger partial charge in [-0.15, -0.1) is 0 Å². The number of carboxylic acids is 1. The summed E-state index contributed by atoms with van der Waals surface area (Å²) in [6.07, 6.45) is 0. The summed E-state index contributed by atoms with van der Waals surface area (Å²) >= 11 is 0. The average molecular weight is 209 g/mol.